The maximum Gasteiger partial charge on any atom is 0.249 e. The second-order valence-electron chi connectivity index (χ2n) is 12.5. The third-order valence-corrected chi connectivity index (χ3v) is 10.1. The molecule has 0 aromatic heterocycles. The number of rotatable bonds is 6. The number of amides is 3. The predicted octanol–water partition coefficient (Wildman–Crippen LogP) is 3.50. The Morgan fingerprint density at radius 1 is 0.860 bits per heavy atom. The lowest BCUT2D eigenvalue weighted by molar-refractivity contribution is -0.152. The summed E-state index contributed by atoms with van der Waals surface area (Å²) in [6.45, 7) is 0.508. The van der Waals surface area contributed by atoms with E-state index in [2.05, 4.69) is 0 Å². The second kappa shape index (κ2) is 11.4. The molecule has 1 unspecified atom stereocenters. The first-order valence-corrected chi connectivity index (χ1v) is 15.7. The quantitative estimate of drug-likeness (QED) is 0.528. The van der Waals surface area contributed by atoms with Gasteiger partial charge >= 0.3 is 0 Å². The van der Waals surface area contributed by atoms with E-state index >= 15 is 0 Å². The fraction of sp³-hybridized carbons (Fsp3) is 0.457. The molecule has 0 bridgehead atoms. The van der Waals surface area contributed by atoms with E-state index < -0.39 is 35.6 Å². The summed E-state index contributed by atoms with van der Waals surface area (Å²) in [4.78, 5) is 49.1. The molecule has 3 fully saturated rings. The molecule has 6 atom stereocenters. The monoisotopic (exact) mass is 581 g/mol. The van der Waals surface area contributed by atoms with Gasteiger partial charge in [0.15, 0.2) is 0 Å². The molecule has 2 aromatic rings. The van der Waals surface area contributed by atoms with Crippen LogP contribution in [0, 0.1) is 11.8 Å². The van der Waals surface area contributed by atoms with Crippen LogP contribution in [0.15, 0.2) is 85.0 Å². The molecule has 8 heteroatoms. The van der Waals surface area contributed by atoms with Gasteiger partial charge < -0.3 is 24.5 Å². The normalized spacial score (nSPS) is 31.5. The van der Waals surface area contributed by atoms with Gasteiger partial charge in [0.2, 0.25) is 17.7 Å². The summed E-state index contributed by atoms with van der Waals surface area (Å²) in [5.41, 5.74) is 0.408. The molecule has 4 heterocycles. The summed E-state index contributed by atoms with van der Waals surface area (Å²) < 4.78 is 6.83. The minimum absolute atomic E-state index is 0.0979. The molecule has 0 radical (unpaired) electrons. The Morgan fingerprint density at radius 3 is 2.30 bits per heavy atom. The van der Waals surface area contributed by atoms with Crippen molar-refractivity contribution >= 4 is 23.4 Å². The van der Waals surface area contributed by atoms with E-state index in [9.17, 15) is 19.5 Å². The zero-order valence-corrected chi connectivity index (χ0v) is 24.3. The maximum absolute atomic E-state index is 14.8. The van der Waals surface area contributed by atoms with Crippen LogP contribution in [0.25, 0.3) is 0 Å². The van der Waals surface area contributed by atoms with Crippen molar-refractivity contribution in [3.63, 3.8) is 0 Å². The molecule has 7 rings (SSSR count). The first-order valence-electron chi connectivity index (χ1n) is 15.7. The molecule has 5 aliphatic rings. The van der Waals surface area contributed by atoms with Crippen molar-refractivity contribution in [3.05, 3.63) is 90.5 Å². The van der Waals surface area contributed by atoms with Gasteiger partial charge in [0.1, 0.15) is 11.6 Å². The number of aliphatic hydroxyl groups is 1. The molecule has 3 amide bonds. The Hall–Kier alpha value is -3.75. The van der Waals surface area contributed by atoms with E-state index in [0.717, 1.165) is 43.4 Å². The van der Waals surface area contributed by atoms with E-state index in [1.165, 1.54) is 0 Å². The van der Waals surface area contributed by atoms with Crippen molar-refractivity contribution in [2.24, 2.45) is 11.8 Å². The molecule has 1 spiro atoms. The van der Waals surface area contributed by atoms with Gasteiger partial charge in [-0.3, -0.25) is 14.4 Å². The highest BCUT2D eigenvalue weighted by Crippen LogP contribution is 2.54. The number of fused-ring (bicyclic) bond motifs is 2. The fourth-order valence-corrected chi connectivity index (χ4v) is 8.19. The average Bonchev–Trinajstić information content (AvgIpc) is 3.36. The smallest absolute Gasteiger partial charge is 0.249 e. The largest absolute Gasteiger partial charge is 0.394 e. The van der Waals surface area contributed by atoms with Crippen LogP contribution >= 0.6 is 0 Å². The maximum atomic E-state index is 14.8. The van der Waals surface area contributed by atoms with Crippen molar-refractivity contribution in [2.45, 2.75) is 68.4 Å². The molecule has 8 nitrogen and oxygen atoms in total. The van der Waals surface area contributed by atoms with Crippen LogP contribution in [0.2, 0.25) is 0 Å². The lowest BCUT2D eigenvalue weighted by Gasteiger charge is -2.41. The second-order valence-corrected chi connectivity index (χ2v) is 12.5. The van der Waals surface area contributed by atoms with E-state index in [4.69, 9.17) is 4.74 Å². The molecular formula is C35H39N3O5. The SMILES string of the molecule is O=C1[C@@H]2[C@H]3C(=O)N([C@@H](CO)Cc4ccccc4)C4C(=O)N(C5CCCCC5)CC=C[C@@]43O[C@@H]2C=CCN1c1ccccc1. The lowest BCUT2D eigenvalue weighted by Crippen LogP contribution is -2.60. The zero-order chi connectivity index (χ0) is 29.6. The summed E-state index contributed by atoms with van der Waals surface area (Å²) in [7, 11) is 0. The van der Waals surface area contributed by atoms with Crippen molar-refractivity contribution in [1.82, 2.24) is 9.80 Å². The number of likely N-dealkylation sites (tertiary alicyclic amines) is 1. The molecule has 1 saturated carbocycles. The average molecular weight is 582 g/mol. The predicted molar refractivity (Wildman–Crippen MR) is 162 cm³/mol. The number of carbonyl (C=O) groups excluding carboxylic acids is 3. The zero-order valence-electron chi connectivity index (χ0n) is 24.3. The lowest BCUT2D eigenvalue weighted by atomic mass is 9.77. The van der Waals surface area contributed by atoms with E-state index in [1.54, 1.807) is 9.80 Å². The Kier molecular flexibility index (Phi) is 7.43. The molecule has 1 aliphatic carbocycles. The summed E-state index contributed by atoms with van der Waals surface area (Å²) in [5, 5.41) is 10.7. The van der Waals surface area contributed by atoms with E-state index in [-0.39, 0.29) is 30.4 Å². The number of benzene rings is 2. The number of para-hydroxylation sites is 1. The number of anilines is 1. The Bertz CT molecular complexity index is 1420. The minimum atomic E-state index is -1.31. The number of aliphatic hydroxyl groups excluding tert-OH is 1. The van der Waals surface area contributed by atoms with Gasteiger partial charge in [-0.25, -0.2) is 0 Å². The topological polar surface area (TPSA) is 90.4 Å². The summed E-state index contributed by atoms with van der Waals surface area (Å²) >= 11 is 0. The first kappa shape index (κ1) is 28.0. The van der Waals surface area contributed by atoms with Gasteiger partial charge in [0, 0.05) is 24.8 Å². The van der Waals surface area contributed by atoms with Crippen LogP contribution in [-0.2, 0) is 25.5 Å². The minimum Gasteiger partial charge on any atom is -0.394 e. The molecule has 43 heavy (non-hydrogen) atoms. The molecule has 2 aromatic carbocycles. The van der Waals surface area contributed by atoms with Gasteiger partial charge in [-0.05, 0) is 37.0 Å². The van der Waals surface area contributed by atoms with Crippen LogP contribution in [0.4, 0.5) is 5.69 Å². The number of carbonyl (C=O) groups is 3. The van der Waals surface area contributed by atoms with Crippen molar-refractivity contribution in [1.29, 1.82) is 0 Å². The van der Waals surface area contributed by atoms with Crippen LogP contribution in [-0.4, -0.2) is 82.2 Å². The van der Waals surface area contributed by atoms with Crippen LogP contribution in [0.5, 0.6) is 0 Å². The van der Waals surface area contributed by atoms with Crippen LogP contribution < -0.4 is 4.90 Å². The van der Waals surface area contributed by atoms with Gasteiger partial charge in [-0.2, -0.15) is 0 Å². The molecule has 2 saturated heterocycles. The third-order valence-electron chi connectivity index (χ3n) is 10.1. The summed E-state index contributed by atoms with van der Waals surface area (Å²) in [6, 6.07) is 17.7. The van der Waals surface area contributed by atoms with Gasteiger partial charge in [0.25, 0.3) is 0 Å². The van der Waals surface area contributed by atoms with Gasteiger partial charge in [-0.1, -0.05) is 92.1 Å². The van der Waals surface area contributed by atoms with Crippen molar-refractivity contribution in [3.8, 4) is 0 Å². The van der Waals surface area contributed by atoms with E-state index in [1.807, 2.05) is 89.9 Å². The van der Waals surface area contributed by atoms with Crippen LogP contribution in [0.1, 0.15) is 37.7 Å². The number of nitrogens with zero attached hydrogens (tertiary/aromatic N) is 3. The van der Waals surface area contributed by atoms with Crippen LogP contribution in [0.3, 0.4) is 0 Å². The standard InChI is InChI=1S/C35H39N3O5/c39-23-27(22-24-12-4-1-5-13-24)38-31-34(42)37(26-16-8-3-9-17-26)21-11-19-35(31)30(33(38)41)29-28(43-35)18-10-20-36(32(29)40)25-14-6-2-7-15-25/h1-2,4-7,10-15,18-19,26-31,39H,3,8-9,16-17,20-23H2/t27-,28-,29+,30+,31?,35+/m1/s1. The highest BCUT2D eigenvalue weighted by atomic mass is 16.5. The number of hydrogen-bond donors (Lipinski definition) is 1. The van der Waals surface area contributed by atoms with Crippen molar-refractivity contribution < 1.29 is 24.2 Å². The van der Waals surface area contributed by atoms with Crippen molar-refractivity contribution in [2.75, 3.05) is 24.6 Å². The first-order chi connectivity index (χ1) is 21.0. The van der Waals surface area contributed by atoms with Gasteiger partial charge in [-0.15, -0.1) is 0 Å². The Labute approximate surface area is 252 Å². The number of hydrogen-bond acceptors (Lipinski definition) is 5. The van der Waals surface area contributed by atoms with E-state index in [0.29, 0.717) is 19.5 Å². The Morgan fingerprint density at radius 2 is 1.58 bits per heavy atom. The summed E-state index contributed by atoms with van der Waals surface area (Å²) in [6.07, 6.45) is 12.6. The molecule has 224 valence electrons. The highest BCUT2D eigenvalue weighted by Gasteiger charge is 2.72. The number of ether oxygens (including phenoxy) is 1. The Balaban J connectivity index is 1.32. The molecular weight excluding hydrogens is 542 g/mol. The molecule has 1 N–H and O–H groups in total. The highest BCUT2D eigenvalue weighted by molar-refractivity contribution is 6.04. The van der Waals surface area contributed by atoms with Gasteiger partial charge in [0.05, 0.1) is 30.6 Å². The summed E-state index contributed by atoms with van der Waals surface area (Å²) in [5.74, 6) is -2.32. The fourth-order valence-electron chi connectivity index (χ4n) is 8.19. The third kappa shape index (κ3) is 4.62. The molecule has 4 aliphatic heterocycles.